The number of nitrogens with one attached hydrogen (secondary N) is 1. The molecule has 0 aliphatic carbocycles. The number of hydrogen-bond donors (Lipinski definition) is 1. The molecular weight excluding hydrogens is 380 g/mol. The molecule has 2 heterocycles. The standard InChI is InChI=1S/C24H18N2O4/c1-28-17-6-4-5-16(12-17)25-24(27)19-13-21(26-20-8-3-2-7-18(19)20)15-9-10-22-23(11-15)30-14-29-22/h2-13H,14H2,1H3,(H,25,27). The third kappa shape index (κ3) is 3.28. The van der Waals surface area contributed by atoms with Gasteiger partial charge in [0.05, 0.1) is 23.9 Å². The zero-order valence-corrected chi connectivity index (χ0v) is 16.2. The van der Waals surface area contributed by atoms with E-state index in [2.05, 4.69) is 5.32 Å². The maximum Gasteiger partial charge on any atom is 0.256 e. The zero-order chi connectivity index (χ0) is 20.5. The molecule has 1 N–H and O–H groups in total. The van der Waals surface area contributed by atoms with Crippen LogP contribution in [-0.2, 0) is 0 Å². The average molecular weight is 398 g/mol. The van der Waals surface area contributed by atoms with Crippen LogP contribution in [0.1, 0.15) is 10.4 Å². The monoisotopic (exact) mass is 398 g/mol. The number of carbonyl (C=O) groups excluding carboxylic acids is 1. The SMILES string of the molecule is COc1cccc(NC(=O)c2cc(-c3ccc4c(c3)OCO4)nc3ccccc23)c1. The van der Waals surface area contributed by atoms with Gasteiger partial charge in [0.2, 0.25) is 6.79 Å². The molecule has 1 aliphatic rings. The van der Waals surface area contributed by atoms with Gasteiger partial charge in [-0.1, -0.05) is 24.3 Å². The van der Waals surface area contributed by atoms with Crippen LogP contribution in [0.3, 0.4) is 0 Å². The van der Waals surface area contributed by atoms with Crippen molar-refractivity contribution in [3.63, 3.8) is 0 Å². The molecule has 0 atom stereocenters. The van der Waals surface area contributed by atoms with Crippen LogP contribution in [0.25, 0.3) is 22.2 Å². The van der Waals surface area contributed by atoms with Crippen molar-refractivity contribution in [1.29, 1.82) is 0 Å². The molecule has 1 amide bonds. The number of pyridine rings is 1. The first kappa shape index (κ1) is 18.0. The number of methoxy groups -OCH3 is 1. The van der Waals surface area contributed by atoms with Crippen LogP contribution in [0.5, 0.6) is 17.2 Å². The van der Waals surface area contributed by atoms with Gasteiger partial charge in [-0.3, -0.25) is 4.79 Å². The molecule has 0 spiro atoms. The summed E-state index contributed by atoms with van der Waals surface area (Å²) in [5.74, 6) is 1.83. The topological polar surface area (TPSA) is 69.7 Å². The van der Waals surface area contributed by atoms with Crippen molar-refractivity contribution in [3.05, 3.63) is 78.4 Å². The fraction of sp³-hybridized carbons (Fsp3) is 0.0833. The number of hydrogen-bond acceptors (Lipinski definition) is 5. The summed E-state index contributed by atoms with van der Waals surface area (Å²) in [5.41, 5.74) is 3.47. The van der Waals surface area contributed by atoms with Crippen LogP contribution < -0.4 is 19.5 Å². The molecule has 1 aliphatic heterocycles. The van der Waals surface area contributed by atoms with Gasteiger partial charge in [0.25, 0.3) is 5.91 Å². The smallest absolute Gasteiger partial charge is 0.256 e. The molecule has 3 aromatic carbocycles. The van der Waals surface area contributed by atoms with Crippen molar-refractivity contribution in [2.45, 2.75) is 0 Å². The van der Waals surface area contributed by atoms with Crippen molar-refractivity contribution in [2.75, 3.05) is 19.2 Å². The van der Waals surface area contributed by atoms with Crippen LogP contribution in [-0.4, -0.2) is 24.8 Å². The summed E-state index contributed by atoms with van der Waals surface area (Å²) in [6.07, 6.45) is 0. The fourth-order valence-electron chi connectivity index (χ4n) is 3.47. The first-order chi connectivity index (χ1) is 14.7. The molecule has 0 fully saturated rings. The van der Waals surface area contributed by atoms with E-state index >= 15 is 0 Å². The number of ether oxygens (including phenoxy) is 3. The van der Waals surface area contributed by atoms with Gasteiger partial charge < -0.3 is 19.5 Å². The van der Waals surface area contributed by atoms with Crippen LogP contribution in [0.2, 0.25) is 0 Å². The number of carbonyl (C=O) groups is 1. The highest BCUT2D eigenvalue weighted by Crippen LogP contribution is 2.36. The van der Waals surface area contributed by atoms with E-state index in [0.717, 1.165) is 16.5 Å². The van der Waals surface area contributed by atoms with Gasteiger partial charge in [0.1, 0.15) is 5.75 Å². The van der Waals surface area contributed by atoms with Gasteiger partial charge in [-0.25, -0.2) is 4.98 Å². The van der Waals surface area contributed by atoms with Crippen molar-refractivity contribution in [2.24, 2.45) is 0 Å². The highest BCUT2D eigenvalue weighted by Gasteiger charge is 2.17. The second-order valence-electron chi connectivity index (χ2n) is 6.83. The summed E-state index contributed by atoms with van der Waals surface area (Å²) < 4.78 is 16.1. The van der Waals surface area contributed by atoms with Gasteiger partial charge in [-0.2, -0.15) is 0 Å². The number of rotatable bonds is 4. The van der Waals surface area contributed by atoms with Crippen LogP contribution in [0.15, 0.2) is 72.8 Å². The van der Waals surface area contributed by atoms with E-state index in [0.29, 0.717) is 34.2 Å². The van der Waals surface area contributed by atoms with Gasteiger partial charge >= 0.3 is 0 Å². The summed E-state index contributed by atoms with van der Waals surface area (Å²) >= 11 is 0. The average Bonchev–Trinajstić information content (AvgIpc) is 3.26. The lowest BCUT2D eigenvalue weighted by atomic mass is 10.0. The normalized spacial score (nSPS) is 12.0. The summed E-state index contributed by atoms with van der Waals surface area (Å²) in [6, 6.07) is 22.3. The number of para-hydroxylation sites is 1. The molecule has 0 saturated heterocycles. The van der Waals surface area contributed by atoms with Gasteiger partial charge in [-0.05, 0) is 42.5 Å². The molecule has 6 heteroatoms. The Morgan fingerprint density at radius 3 is 2.73 bits per heavy atom. The van der Waals surface area contributed by atoms with Crippen molar-refractivity contribution in [1.82, 2.24) is 4.98 Å². The largest absolute Gasteiger partial charge is 0.497 e. The molecule has 4 aromatic rings. The van der Waals surface area contributed by atoms with E-state index < -0.39 is 0 Å². The molecule has 148 valence electrons. The Bertz CT molecular complexity index is 1270. The molecular formula is C24H18N2O4. The number of aromatic nitrogens is 1. The minimum Gasteiger partial charge on any atom is -0.497 e. The molecule has 0 radical (unpaired) electrons. The number of fused-ring (bicyclic) bond motifs is 2. The second-order valence-corrected chi connectivity index (χ2v) is 6.83. The predicted octanol–water partition coefficient (Wildman–Crippen LogP) is 4.89. The molecule has 5 rings (SSSR count). The molecule has 1 aromatic heterocycles. The van der Waals surface area contributed by atoms with Crippen molar-refractivity contribution < 1.29 is 19.0 Å². The Hall–Kier alpha value is -4.06. The van der Waals surface area contributed by atoms with Crippen LogP contribution >= 0.6 is 0 Å². The van der Waals surface area contributed by atoms with E-state index in [1.165, 1.54) is 0 Å². The Morgan fingerprint density at radius 2 is 1.83 bits per heavy atom. The van der Waals surface area contributed by atoms with Gasteiger partial charge in [-0.15, -0.1) is 0 Å². The first-order valence-electron chi connectivity index (χ1n) is 9.46. The first-order valence-corrected chi connectivity index (χ1v) is 9.46. The Labute approximate surface area is 173 Å². The zero-order valence-electron chi connectivity index (χ0n) is 16.2. The third-order valence-electron chi connectivity index (χ3n) is 4.96. The predicted molar refractivity (Wildman–Crippen MR) is 114 cm³/mol. The number of anilines is 1. The summed E-state index contributed by atoms with van der Waals surface area (Å²) in [5, 5.41) is 3.73. The maximum absolute atomic E-state index is 13.2. The van der Waals surface area contributed by atoms with Crippen molar-refractivity contribution >= 4 is 22.5 Å². The van der Waals surface area contributed by atoms with E-state index in [4.69, 9.17) is 19.2 Å². The minimum absolute atomic E-state index is 0.206. The highest BCUT2D eigenvalue weighted by atomic mass is 16.7. The maximum atomic E-state index is 13.2. The lowest BCUT2D eigenvalue weighted by Crippen LogP contribution is -2.13. The van der Waals surface area contributed by atoms with E-state index in [-0.39, 0.29) is 12.7 Å². The third-order valence-corrected chi connectivity index (χ3v) is 4.96. The molecule has 0 unspecified atom stereocenters. The molecule has 0 bridgehead atoms. The highest BCUT2D eigenvalue weighted by molar-refractivity contribution is 6.13. The summed E-state index contributed by atoms with van der Waals surface area (Å²) in [4.78, 5) is 17.9. The Morgan fingerprint density at radius 1 is 0.967 bits per heavy atom. The number of amides is 1. The fourth-order valence-corrected chi connectivity index (χ4v) is 3.47. The molecule has 6 nitrogen and oxygen atoms in total. The summed E-state index contributed by atoms with van der Waals surface area (Å²) in [7, 11) is 1.59. The number of benzene rings is 3. The van der Waals surface area contributed by atoms with Crippen LogP contribution in [0.4, 0.5) is 5.69 Å². The Balaban J connectivity index is 1.57. The minimum atomic E-state index is -0.219. The van der Waals surface area contributed by atoms with E-state index in [1.807, 2.05) is 60.7 Å². The number of nitrogens with zero attached hydrogens (tertiary/aromatic N) is 1. The van der Waals surface area contributed by atoms with Gasteiger partial charge in [0.15, 0.2) is 11.5 Å². The lowest BCUT2D eigenvalue weighted by Gasteiger charge is -2.11. The van der Waals surface area contributed by atoms with Gasteiger partial charge in [0, 0.05) is 22.7 Å². The van der Waals surface area contributed by atoms with E-state index in [1.54, 1.807) is 19.2 Å². The van der Waals surface area contributed by atoms with Crippen molar-refractivity contribution in [3.8, 4) is 28.5 Å². The Kier molecular flexibility index (Phi) is 4.44. The summed E-state index contributed by atoms with van der Waals surface area (Å²) in [6.45, 7) is 0.206. The quantitative estimate of drug-likeness (QED) is 0.530. The second kappa shape index (κ2) is 7.40. The molecule has 0 saturated carbocycles. The molecule has 30 heavy (non-hydrogen) atoms. The van der Waals surface area contributed by atoms with Crippen LogP contribution in [0, 0.1) is 0 Å². The lowest BCUT2D eigenvalue weighted by molar-refractivity contribution is 0.102. The van der Waals surface area contributed by atoms with E-state index in [9.17, 15) is 4.79 Å².